The number of sulfonamides is 1. The minimum Gasteiger partial charge on any atom is -0.326 e. The van der Waals surface area contributed by atoms with E-state index in [1.54, 1.807) is 0 Å². The zero-order valence-electron chi connectivity index (χ0n) is 12.0. The molecule has 0 spiro atoms. The molecule has 1 fully saturated rings. The first kappa shape index (κ1) is 15.4. The molecule has 0 amide bonds. The van der Waals surface area contributed by atoms with E-state index in [9.17, 15) is 8.42 Å². The van der Waals surface area contributed by atoms with E-state index in [4.69, 9.17) is 5.73 Å². The smallest absolute Gasteiger partial charge is 0.257 e. The third kappa shape index (κ3) is 3.38. The molecular weight excluding hydrogens is 278 g/mol. The van der Waals surface area contributed by atoms with Gasteiger partial charge in [-0.2, -0.15) is 5.10 Å². The summed E-state index contributed by atoms with van der Waals surface area (Å²) < 4.78 is 27.2. The van der Waals surface area contributed by atoms with Gasteiger partial charge in [0, 0.05) is 18.7 Å². The van der Waals surface area contributed by atoms with E-state index in [1.807, 2.05) is 0 Å². The molecule has 0 aromatic carbocycles. The molecular formula is C12H23N5O2S. The highest BCUT2D eigenvalue weighted by Gasteiger charge is 2.31. The lowest BCUT2D eigenvalue weighted by Gasteiger charge is -2.37. The molecule has 2 heterocycles. The second-order valence-electron chi connectivity index (χ2n) is 5.87. The van der Waals surface area contributed by atoms with E-state index >= 15 is 0 Å². The molecule has 1 saturated heterocycles. The van der Waals surface area contributed by atoms with Gasteiger partial charge in [0.1, 0.15) is 0 Å². The average Bonchev–Trinajstić information content (AvgIpc) is 2.90. The molecule has 0 saturated carbocycles. The summed E-state index contributed by atoms with van der Waals surface area (Å²) in [6.07, 6.45) is 3.42. The maximum atomic E-state index is 12.3. The Hall–Kier alpha value is -0.960. The second kappa shape index (κ2) is 5.80. The van der Waals surface area contributed by atoms with Crippen LogP contribution in [0.4, 0.5) is 0 Å². The van der Waals surface area contributed by atoms with Crippen molar-refractivity contribution < 1.29 is 8.42 Å². The van der Waals surface area contributed by atoms with Crippen molar-refractivity contribution in [3.8, 4) is 0 Å². The Morgan fingerprint density at radius 3 is 2.75 bits per heavy atom. The summed E-state index contributed by atoms with van der Waals surface area (Å²) in [6.45, 7) is 4.70. The van der Waals surface area contributed by atoms with Gasteiger partial charge in [0.05, 0.1) is 6.20 Å². The van der Waals surface area contributed by atoms with Gasteiger partial charge in [-0.15, -0.1) is 0 Å². The molecule has 0 atom stereocenters. The summed E-state index contributed by atoms with van der Waals surface area (Å²) in [5.74, 6) is 0. The topological polar surface area (TPSA) is 104 Å². The van der Waals surface area contributed by atoms with Crippen LogP contribution in [0.15, 0.2) is 11.2 Å². The number of aromatic nitrogens is 2. The molecule has 114 valence electrons. The van der Waals surface area contributed by atoms with Crippen LogP contribution in [-0.2, 0) is 16.6 Å². The maximum Gasteiger partial charge on any atom is 0.257 e. The van der Waals surface area contributed by atoms with Crippen molar-refractivity contribution in [2.75, 3.05) is 26.7 Å². The number of piperidine rings is 1. The monoisotopic (exact) mass is 301 g/mol. The van der Waals surface area contributed by atoms with Gasteiger partial charge in [-0.3, -0.25) is 5.10 Å². The lowest BCUT2D eigenvalue weighted by atomic mass is 9.81. The van der Waals surface area contributed by atoms with E-state index in [2.05, 4.69) is 33.8 Å². The van der Waals surface area contributed by atoms with Gasteiger partial charge in [0.15, 0.2) is 5.03 Å². The van der Waals surface area contributed by atoms with Crippen LogP contribution in [0, 0.1) is 5.41 Å². The zero-order valence-corrected chi connectivity index (χ0v) is 12.8. The minimum atomic E-state index is -3.57. The highest BCUT2D eigenvalue weighted by atomic mass is 32.2. The van der Waals surface area contributed by atoms with Crippen molar-refractivity contribution >= 4 is 10.0 Å². The summed E-state index contributed by atoms with van der Waals surface area (Å²) in [5, 5.41) is 6.35. The SMILES string of the molecule is CN1CCC(C)(CNS(=O)(=O)c2[nH]ncc2CN)CC1. The first-order chi connectivity index (χ1) is 9.36. The van der Waals surface area contributed by atoms with Crippen molar-refractivity contribution in [3.63, 3.8) is 0 Å². The van der Waals surface area contributed by atoms with Crippen LogP contribution >= 0.6 is 0 Å². The molecule has 8 heteroatoms. The fraction of sp³-hybridized carbons (Fsp3) is 0.750. The Balaban J connectivity index is 2.03. The van der Waals surface area contributed by atoms with Gasteiger partial charge < -0.3 is 10.6 Å². The molecule has 7 nitrogen and oxygen atoms in total. The second-order valence-corrected chi connectivity index (χ2v) is 7.57. The van der Waals surface area contributed by atoms with Crippen LogP contribution in [0.2, 0.25) is 0 Å². The standard InChI is InChI=1S/C12H23N5O2S/c1-12(3-5-17(2)6-4-12)9-15-20(18,19)11-10(7-13)8-14-16-11/h8,15H,3-7,9,13H2,1-2H3,(H,14,16). The van der Waals surface area contributed by atoms with Crippen LogP contribution in [0.1, 0.15) is 25.3 Å². The first-order valence-electron chi connectivity index (χ1n) is 6.77. The van der Waals surface area contributed by atoms with E-state index in [1.165, 1.54) is 6.20 Å². The Labute approximate surface area is 120 Å². The number of hydrogen-bond donors (Lipinski definition) is 3. The highest BCUT2D eigenvalue weighted by Crippen LogP contribution is 2.29. The van der Waals surface area contributed by atoms with Crippen molar-refractivity contribution in [1.29, 1.82) is 0 Å². The largest absolute Gasteiger partial charge is 0.326 e. The van der Waals surface area contributed by atoms with Crippen molar-refractivity contribution in [3.05, 3.63) is 11.8 Å². The molecule has 0 bridgehead atoms. The average molecular weight is 301 g/mol. The third-order valence-electron chi connectivity index (χ3n) is 4.05. The van der Waals surface area contributed by atoms with E-state index in [-0.39, 0.29) is 17.0 Å². The Morgan fingerprint density at radius 2 is 2.15 bits per heavy atom. The lowest BCUT2D eigenvalue weighted by Crippen LogP contribution is -2.43. The first-order valence-corrected chi connectivity index (χ1v) is 8.25. The fourth-order valence-corrected chi connectivity index (χ4v) is 3.69. The predicted molar refractivity (Wildman–Crippen MR) is 76.5 cm³/mol. The third-order valence-corrected chi connectivity index (χ3v) is 5.47. The molecule has 1 aliphatic heterocycles. The van der Waals surface area contributed by atoms with Crippen molar-refractivity contribution in [1.82, 2.24) is 19.8 Å². The van der Waals surface area contributed by atoms with Crippen LogP contribution in [0.5, 0.6) is 0 Å². The van der Waals surface area contributed by atoms with Crippen LogP contribution in [-0.4, -0.2) is 50.2 Å². The number of rotatable bonds is 5. The van der Waals surface area contributed by atoms with Crippen molar-refractivity contribution in [2.45, 2.75) is 31.3 Å². The molecule has 4 N–H and O–H groups in total. The summed E-state index contributed by atoms with van der Waals surface area (Å²) in [7, 11) is -1.49. The Bertz CT molecular complexity index is 546. The van der Waals surface area contributed by atoms with E-state index < -0.39 is 10.0 Å². The van der Waals surface area contributed by atoms with Crippen LogP contribution in [0.3, 0.4) is 0 Å². The van der Waals surface area contributed by atoms with Crippen LogP contribution in [0.25, 0.3) is 0 Å². The number of nitrogens with two attached hydrogens (primary N) is 1. The predicted octanol–water partition coefficient (Wildman–Crippen LogP) is -0.121. The summed E-state index contributed by atoms with van der Waals surface area (Å²) in [6, 6.07) is 0. The quantitative estimate of drug-likeness (QED) is 0.703. The van der Waals surface area contributed by atoms with Gasteiger partial charge in [0.2, 0.25) is 0 Å². The van der Waals surface area contributed by atoms with Gasteiger partial charge in [-0.05, 0) is 38.4 Å². The lowest BCUT2D eigenvalue weighted by molar-refractivity contribution is 0.143. The van der Waals surface area contributed by atoms with Gasteiger partial charge in [-0.1, -0.05) is 6.92 Å². The molecule has 0 aliphatic carbocycles. The van der Waals surface area contributed by atoms with E-state index in [0.717, 1.165) is 25.9 Å². The molecule has 20 heavy (non-hydrogen) atoms. The van der Waals surface area contributed by atoms with E-state index in [0.29, 0.717) is 12.1 Å². The molecule has 0 unspecified atom stereocenters. The number of likely N-dealkylation sites (tertiary alicyclic amines) is 1. The van der Waals surface area contributed by atoms with Gasteiger partial charge in [-0.25, -0.2) is 13.1 Å². The normalized spacial score (nSPS) is 20.1. The number of nitrogens with one attached hydrogen (secondary N) is 2. The summed E-state index contributed by atoms with van der Waals surface area (Å²) >= 11 is 0. The minimum absolute atomic E-state index is 0.00246. The fourth-order valence-electron chi connectivity index (χ4n) is 2.35. The number of aromatic amines is 1. The Kier molecular flexibility index (Phi) is 4.48. The Morgan fingerprint density at radius 1 is 1.50 bits per heavy atom. The number of H-pyrrole nitrogens is 1. The van der Waals surface area contributed by atoms with Gasteiger partial charge in [0.25, 0.3) is 10.0 Å². The number of hydrogen-bond acceptors (Lipinski definition) is 5. The zero-order chi connectivity index (χ0) is 14.8. The molecule has 1 aromatic heterocycles. The maximum absolute atomic E-state index is 12.3. The summed E-state index contributed by atoms with van der Waals surface area (Å²) in [4.78, 5) is 2.26. The number of nitrogens with zero attached hydrogens (tertiary/aromatic N) is 2. The molecule has 1 aliphatic rings. The van der Waals surface area contributed by atoms with Crippen LogP contribution < -0.4 is 10.5 Å². The highest BCUT2D eigenvalue weighted by molar-refractivity contribution is 7.89. The molecule has 2 rings (SSSR count). The summed E-state index contributed by atoms with van der Waals surface area (Å²) in [5.41, 5.74) is 6.02. The molecule has 1 aromatic rings. The van der Waals surface area contributed by atoms with Gasteiger partial charge >= 0.3 is 0 Å². The van der Waals surface area contributed by atoms with Crippen molar-refractivity contribution in [2.24, 2.45) is 11.1 Å². The molecule has 0 radical (unpaired) electrons.